The quantitative estimate of drug-likeness (QED) is 0.561. The molecule has 3 aromatic heterocycles. The summed E-state index contributed by atoms with van der Waals surface area (Å²) in [7, 11) is -2.27. The van der Waals surface area contributed by atoms with E-state index in [2.05, 4.69) is 25.9 Å². The minimum absolute atomic E-state index is 0.00769. The summed E-state index contributed by atoms with van der Waals surface area (Å²) in [5.41, 5.74) is -2.11. The van der Waals surface area contributed by atoms with Gasteiger partial charge in [-0.15, -0.1) is 0 Å². The number of aromatic nitrogens is 4. The Labute approximate surface area is 171 Å². The molecule has 0 saturated heterocycles. The van der Waals surface area contributed by atoms with Gasteiger partial charge < -0.3 is 4.57 Å². The highest BCUT2D eigenvalue weighted by molar-refractivity contribution is 9.10. The number of pyridine rings is 2. The standard InChI is InChI=1S/C17H14BrF3N4O3S/c1-24-14-10(6-12(17(19,20)21)25(16(14)26)9-3-4-9)23-15(24)13-11(29(2,27)28)5-8(18)7-22-13/h5-7,9H,3-4H2,1-2H3. The normalized spacial score (nSPS) is 15.2. The molecule has 0 radical (unpaired) electrons. The van der Waals surface area contributed by atoms with Crippen molar-refractivity contribution in [1.29, 1.82) is 0 Å². The van der Waals surface area contributed by atoms with Gasteiger partial charge >= 0.3 is 6.18 Å². The van der Waals surface area contributed by atoms with E-state index in [-0.39, 0.29) is 27.4 Å². The number of nitrogens with zero attached hydrogens (tertiary/aromatic N) is 4. The largest absolute Gasteiger partial charge is 0.431 e. The van der Waals surface area contributed by atoms with Crippen molar-refractivity contribution >= 4 is 36.8 Å². The maximum absolute atomic E-state index is 13.5. The lowest BCUT2D eigenvalue weighted by Gasteiger charge is -2.15. The van der Waals surface area contributed by atoms with Gasteiger partial charge in [0.15, 0.2) is 15.7 Å². The third-order valence-electron chi connectivity index (χ3n) is 4.71. The summed E-state index contributed by atoms with van der Waals surface area (Å²) >= 11 is 3.16. The zero-order chi connectivity index (χ0) is 21.3. The molecule has 1 aliphatic rings. The number of fused-ring (bicyclic) bond motifs is 1. The van der Waals surface area contributed by atoms with Crippen LogP contribution in [0.2, 0.25) is 0 Å². The molecule has 1 fully saturated rings. The third kappa shape index (κ3) is 3.37. The summed E-state index contributed by atoms with van der Waals surface area (Å²) in [6, 6.07) is 1.66. The van der Waals surface area contributed by atoms with Crippen LogP contribution in [0, 0.1) is 0 Å². The fourth-order valence-corrected chi connectivity index (χ4v) is 4.61. The average molecular weight is 491 g/mol. The maximum Gasteiger partial charge on any atom is 0.431 e. The molecule has 3 aromatic rings. The van der Waals surface area contributed by atoms with E-state index in [1.165, 1.54) is 23.9 Å². The zero-order valence-corrected chi connectivity index (χ0v) is 17.6. The highest BCUT2D eigenvalue weighted by Crippen LogP contribution is 2.40. The van der Waals surface area contributed by atoms with Gasteiger partial charge in [-0.05, 0) is 40.9 Å². The molecule has 12 heteroatoms. The molecule has 0 spiro atoms. The van der Waals surface area contributed by atoms with Crippen LogP contribution in [0.4, 0.5) is 13.2 Å². The molecule has 29 heavy (non-hydrogen) atoms. The first-order valence-electron chi connectivity index (χ1n) is 8.44. The van der Waals surface area contributed by atoms with E-state index in [0.717, 1.165) is 16.9 Å². The summed E-state index contributed by atoms with van der Waals surface area (Å²) in [6.45, 7) is 0. The van der Waals surface area contributed by atoms with E-state index in [0.29, 0.717) is 17.3 Å². The Balaban J connectivity index is 2.07. The molecule has 1 saturated carbocycles. The summed E-state index contributed by atoms with van der Waals surface area (Å²) in [5, 5.41) is 0. The van der Waals surface area contributed by atoms with Gasteiger partial charge in [-0.3, -0.25) is 14.3 Å². The Hall–Kier alpha value is -2.21. The van der Waals surface area contributed by atoms with Crippen LogP contribution in [0.5, 0.6) is 0 Å². The molecule has 1 aliphatic carbocycles. The lowest BCUT2D eigenvalue weighted by atomic mass is 10.2. The van der Waals surface area contributed by atoms with Gasteiger partial charge in [0.1, 0.15) is 16.9 Å². The molecule has 0 amide bonds. The van der Waals surface area contributed by atoms with Crippen molar-refractivity contribution in [3.8, 4) is 11.5 Å². The van der Waals surface area contributed by atoms with Gasteiger partial charge in [-0.2, -0.15) is 13.2 Å². The van der Waals surface area contributed by atoms with Crippen LogP contribution in [-0.4, -0.2) is 33.8 Å². The van der Waals surface area contributed by atoms with Crippen molar-refractivity contribution in [1.82, 2.24) is 19.1 Å². The van der Waals surface area contributed by atoms with Crippen molar-refractivity contribution < 1.29 is 21.6 Å². The fourth-order valence-electron chi connectivity index (χ4n) is 3.29. The molecule has 0 aromatic carbocycles. The van der Waals surface area contributed by atoms with Crippen LogP contribution in [0.15, 0.2) is 32.5 Å². The van der Waals surface area contributed by atoms with Crippen LogP contribution >= 0.6 is 15.9 Å². The Morgan fingerprint density at radius 3 is 2.45 bits per heavy atom. The monoisotopic (exact) mass is 490 g/mol. The lowest BCUT2D eigenvalue weighted by molar-refractivity contribution is -0.144. The predicted molar refractivity (Wildman–Crippen MR) is 102 cm³/mol. The van der Waals surface area contributed by atoms with Gasteiger partial charge in [0.25, 0.3) is 5.56 Å². The summed E-state index contributed by atoms with van der Waals surface area (Å²) < 4.78 is 67.5. The number of halogens is 4. The average Bonchev–Trinajstić information content (AvgIpc) is 3.37. The summed E-state index contributed by atoms with van der Waals surface area (Å²) in [4.78, 5) is 21.0. The topological polar surface area (TPSA) is 86.8 Å². The first-order chi connectivity index (χ1) is 13.4. The number of sulfone groups is 1. The zero-order valence-electron chi connectivity index (χ0n) is 15.2. The van der Waals surface area contributed by atoms with Crippen molar-refractivity contribution in [3.05, 3.63) is 38.9 Å². The number of rotatable bonds is 3. The lowest BCUT2D eigenvalue weighted by Crippen LogP contribution is -2.28. The Morgan fingerprint density at radius 1 is 1.24 bits per heavy atom. The van der Waals surface area contributed by atoms with E-state index < -0.39 is 33.3 Å². The van der Waals surface area contributed by atoms with Crippen molar-refractivity contribution in [2.24, 2.45) is 7.05 Å². The third-order valence-corrected chi connectivity index (χ3v) is 6.25. The molecule has 0 N–H and O–H groups in total. The second-order valence-corrected chi connectivity index (χ2v) is 9.83. The molecular weight excluding hydrogens is 477 g/mol. The summed E-state index contributed by atoms with van der Waals surface area (Å²) in [5.74, 6) is -0.00769. The first kappa shape index (κ1) is 20.1. The number of alkyl halides is 3. The predicted octanol–water partition coefficient (Wildman–Crippen LogP) is 3.32. The van der Waals surface area contributed by atoms with Crippen LogP contribution in [0.25, 0.3) is 22.6 Å². The maximum atomic E-state index is 13.5. The van der Waals surface area contributed by atoms with E-state index in [9.17, 15) is 26.4 Å². The van der Waals surface area contributed by atoms with Crippen LogP contribution in [-0.2, 0) is 23.1 Å². The van der Waals surface area contributed by atoms with Gasteiger partial charge in [0.2, 0.25) is 0 Å². The van der Waals surface area contributed by atoms with Crippen molar-refractivity contribution in [2.75, 3.05) is 6.26 Å². The van der Waals surface area contributed by atoms with E-state index in [1.54, 1.807) is 0 Å². The van der Waals surface area contributed by atoms with Gasteiger partial charge in [0, 0.05) is 30.0 Å². The van der Waals surface area contributed by atoms with Crippen LogP contribution in [0.3, 0.4) is 0 Å². The Kier molecular flexibility index (Phi) is 4.43. The van der Waals surface area contributed by atoms with Crippen molar-refractivity contribution in [3.63, 3.8) is 0 Å². The van der Waals surface area contributed by atoms with Crippen molar-refractivity contribution in [2.45, 2.75) is 30.0 Å². The van der Waals surface area contributed by atoms with E-state index >= 15 is 0 Å². The minimum Gasteiger partial charge on any atom is -0.321 e. The molecule has 0 aliphatic heterocycles. The number of hydrogen-bond acceptors (Lipinski definition) is 5. The molecule has 3 heterocycles. The second kappa shape index (κ2) is 6.39. The molecular formula is C17H14BrF3N4O3S. The van der Waals surface area contributed by atoms with Gasteiger partial charge in [0.05, 0.1) is 10.4 Å². The number of imidazole rings is 1. The summed E-state index contributed by atoms with van der Waals surface area (Å²) in [6.07, 6.45) is -1.39. The Morgan fingerprint density at radius 2 is 1.90 bits per heavy atom. The molecule has 0 unspecified atom stereocenters. The number of aryl methyl sites for hydroxylation is 1. The number of hydrogen-bond donors (Lipinski definition) is 0. The SMILES string of the molecule is Cn1c(-c2ncc(Br)cc2S(C)(=O)=O)nc2cc(C(F)(F)F)n(C3CC3)c(=O)c21. The first-order valence-corrected chi connectivity index (χ1v) is 11.1. The highest BCUT2D eigenvalue weighted by atomic mass is 79.9. The molecule has 0 atom stereocenters. The van der Waals surface area contributed by atoms with E-state index in [4.69, 9.17) is 0 Å². The molecule has 154 valence electrons. The minimum atomic E-state index is -4.72. The molecule has 7 nitrogen and oxygen atoms in total. The second-order valence-electron chi connectivity index (χ2n) is 6.93. The molecule has 4 rings (SSSR count). The van der Waals surface area contributed by atoms with E-state index in [1.807, 2.05) is 0 Å². The smallest absolute Gasteiger partial charge is 0.321 e. The van der Waals surface area contributed by atoms with Gasteiger partial charge in [-0.1, -0.05) is 0 Å². The fraction of sp³-hybridized carbons (Fsp3) is 0.353. The van der Waals surface area contributed by atoms with Crippen LogP contribution in [0.1, 0.15) is 24.6 Å². The Bertz CT molecular complexity index is 1320. The van der Waals surface area contributed by atoms with Gasteiger partial charge in [-0.25, -0.2) is 13.4 Å². The molecule has 0 bridgehead atoms. The highest BCUT2D eigenvalue weighted by Gasteiger charge is 2.40. The van der Waals surface area contributed by atoms with Crippen LogP contribution < -0.4 is 5.56 Å².